The van der Waals surface area contributed by atoms with Crippen molar-refractivity contribution >= 4 is 5.91 Å². The molecule has 3 aromatic carbocycles. The van der Waals surface area contributed by atoms with Crippen LogP contribution in [0.15, 0.2) is 71.5 Å². The van der Waals surface area contributed by atoms with E-state index >= 15 is 0 Å². The molecule has 5 rings (SSSR count). The molecule has 1 N–H and O–H groups in total. The van der Waals surface area contributed by atoms with Crippen molar-refractivity contribution in [2.75, 3.05) is 13.7 Å². The van der Waals surface area contributed by atoms with E-state index in [1.54, 1.807) is 30.3 Å². The van der Waals surface area contributed by atoms with E-state index in [-0.39, 0.29) is 42.7 Å². The number of fused-ring (bicyclic) bond motifs is 1. The Morgan fingerprint density at radius 2 is 1.87 bits per heavy atom. The fourth-order valence-electron chi connectivity index (χ4n) is 4.47. The van der Waals surface area contributed by atoms with Gasteiger partial charge in [-0.25, -0.2) is 4.39 Å². The average molecular weight is 515 g/mol. The van der Waals surface area contributed by atoms with Crippen LogP contribution in [0.3, 0.4) is 0 Å². The third kappa shape index (κ3) is 5.72. The topological polar surface area (TPSA) is 97.4 Å². The summed E-state index contributed by atoms with van der Waals surface area (Å²) in [6.07, 6.45) is 1.22. The third-order valence-corrected chi connectivity index (χ3v) is 6.54. The molecule has 194 valence electrons. The maximum absolute atomic E-state index is 13.4. The molecule has 0 fully saturated rings. The molecule has 1 amide bonds. The van der Waals surface area contributed by atoms with Gasteiger partial charge in [0.05, 0.1) is 7.11 Å². The summed E-state index contributed by atoms with van der Waals surface area (Å²) in [6.45, 7) is 1.42. The molecule has 0 aliphatic carbocycles. The second-order valence-corrected chi connectivity index (χ2v) is 9.07. The Labute approximate surface area is 219 Å². The van der Waals surface area contributed by atoms with E-state index in [0.29, 0.717) is 35.7 Å². The number of aromatic amines is 1. The van der Waals surface area contributed by atoms with Gasteiger partial charge in [0.2, 0.25) is 5.91 Å². The molecule has 38 heavy (non-hydrogen) atoms. The molecule has 1 aromatic heterocycles. The van der Waals surface area contributed by atoms with E-state index in [9.17, 15) is 14.0 Å². The summed E-state index contributed by atoms with van der Waals surface area (Å²) in [5.41, 5.74) is 3.52. The number of methoxy groups -OCH3 is 1. The van der Waals surface area contributed by atoms with Crippen LogP contribution in [0, 0.1) is 5.82 Å². The lowest BCUT2D eigenvalue weighted by Crippen LogP contribution is -2.36. The molecule has 0 atom stereocenters. The molecule has 1 aliphatic heterocycles. The van der Waals surface area contributed by atoms with Crippen molar-refractivity contribution in [1.82, 2.24) is 20.1 Å². The lowest BCUT2D eigenvalue weighted by molar-refractivity contribution is -0.132. The maximum atomic E-state index is 13.4. The number of halogens is 1. The van der Waals surface area contributed by atoms with Gasteiger partial charge in [0.25, 0.3) is 5.56 Å². The van der Waals surface area contributed by atoms with E-state index in [4.69, 9.17) is 9.47 Å². The van der Waals surface area contributed by atoms with Crippen LogP contribution in [0.5, 0.6) is 11.5 Å². The average Bonchev–Trinajstić information content (AvgIpc) is 2.95. The van der Waals surface area contributed by atoms with Gasteiger partial charge < -0.3 is 19.4 Å². The highest BCUT2D eigenvalue weighted by atomic mass is 19.1. The molecule has 0 radical (unpaired) electrons. The maximum Gasteiger partial charge on any atom is 0.273 e. The van der Waals surface area contributed by atoms with Gasteiger partial charge in [-0.3, -0.25) is 9.59 Å². The SMILES string of the molecule is COc1cc(-c2nnc(CCC(=O)N3CCc4ccccc4C3)c(=O)[nH]2)ccc1OCc1cccc(F)c1. The van der Waals surface area contributed by atoms with Gasteiger partial charge in [0.1, 0.15) is 18.1 Å². The summed E-state index contributed by atoms with van der Waals surface area (Å²) < 4.78 is 24.6. The van der Waals surface area contributed by atoms with Crippen LogP contribution in [-0.4, -0.2) is 39.6 Å². The number of hydrogen-bond acceptors (Lipinski definition) is 6. The molecule has 8 nitrogen and oxygen atoms in total. The number of rotatable bonds is 8. The van der Waals surface area contributed by atoms with E-state index in [1.807, 2.05) is 23.1 Å². The van der Waals surface area contributed by atoms with Gasteiger partial charge in [0, 0.05) is 31.5 Å². The lowest BCUT2D eigenvalue weighted by Gasteiger charge is -2.28. The molecule has 0 bridgehead atoms. The zero-order chi connectivity index (χ0) is 26.5. The van der Waals surface area contributed by atoms with Crippen molar-refractivity contribution in [3.63, 3.8) is 0 Å². The first kappa shape index (κ1) is 25.1. The van der Waals surface area contributed by atoms with Crippen molar-refractivity contribution in [2.24, 2.45) is 0 Å². The molecular weight excluding hydrogens is 487 g/mol. The lowest BCUT2D eigenvalue weighted by atomic mass is 9.99. The van der Waals surface area contributed by atoms with Gasteiger partial charge in [-0.1, -0.05) is 36.4 Å². The molecule has 0 unspecified atom stereocenters. The highest BCUT2D eigenvalue weighted by Gasteiger charge is 2.21. The Kier molecular flexibility index (Phi) is 7.44. The number of aromatic nitrogens is 3. The Bertz CT molecular complexity index is 1520. The zero-order valence-corrected chi connectivity index (χ0v) is 20.9. The van der Waals surface area contributed by atoms with Gasteiger partial charge in [-0.15, -0.1) is 10.2 Å². The first-order valence-corrected chi connectivity index (χ1v) is 12.4. The first-order valence-electron chi connectivity index (χ1n) is 12.4. The first-order chi connectivity index (χ1) is 18.5. The van der Waals surface area contributed by atoms with Crippen LogP contribution in [0.2, 0.25) is 0 Å². The number of benzene rings is 3. The van der Waals surface area contributed by atoms with E-state index < -0.39 is 5.56 Å². The van der Waals surface area contributed by atoms with E-state index in [1.165, 1.54) is 24.8 Å². The number of H-pyrrole nitrogens is 1. The van der Waals surface area contributed by atoms with Crippen LogP contribution < -0.4 is 15.0 Å². The molecule has 9 heteroatoms. The summed E-state index contributed by atoms with van der Waals surface area (Å²) in [4.78, 5) is 30.0. The number of hydrogen-bond donors (Lipinski definition) is 1. The number of nitrogens with zero attached hydrogens (tertiary/aromatic N) is 3. The zero-order valence-electron chi connectivity index (χ0n) is 20.9. The summed E-state index contributed by atoms with van der Waals surface area (Å²) in [5.74, 6) is 0.822. The predicted molar refractivity (Wildman–Crippen MR) is 139 cm³/mol. The Balaban J connectivity index is 1.22. The van der Waals surface area contributed by atoms with Crippen LogP contribution in [0.4, 0.5) is 4.39 Å². The number of carbonyl (C=O) groups is 1. The molecule has 2 heterocycles. The third-order valence-electron chi connectivity index (χ3n) is 6.54. The van der Waals surface area contributed by atoms with Gasteiger partial charge in [-0.2, -0.15) is 0 Å². The van der Waals surface area contributed by atoms with Crippen LogP contribution in [0.25, 0.3) is 11.4 Å². The van der Waals surface area contributed by atoms with Crippen LogP contribution >= 0.6 is 0 Å². The Morgan fingerprint density at radius 1 is 1.03 bits per heavy atom. The largest absolute Gasteiger partial charge is 0.493 e. The smallest absolute Gasteiger partial charge is 0.273 e. The molecule has 0 saturated heterocycles. The number of aryl methyl sites for hydroxylation is 1. The second kappa shape index (κ2) is 11.2. The highest BCUT2D eigenvalue weighted by molar-refractivity contribution is 5.76. The summed E-state index contributed by atoms with van der Waals surface area (Å²) >= 11 is 0. The molecule has 0 spiro atoms. The number of carbonyl (C=O) groups excluding carboxylic acids is 1. The van der Waals surface area contributed by atoms with Crippen molar-refractivity contribution < 1.29 is 18.7 Å². The van der Waals surface area contributed by atoms with Crippen molar-refractivity contribution in [3.8, 4) is 22.9 Å². The standard InChI is InChI=1S/C29H27FN4O4/c1-37-26-16-21(9-11-25(26)38-18-19-5-4-8-23(30)15-19)28-31-29(36)24(32-33-28)10-12-27(35)34-14-13-20-6-2-3-7-22(20)17-34/h2-9,11,15-16H,10,12-14,17-18H2,1H3,(H,31,33,36). The summed E-state index contributed by atoms with van der Waals surface area (Å²) in [5, 5.41) is 8.27. The van der Waals surface area contributed by atoms with E-state index in [0.717, 1.165) is 12.0 Å². The fraction of sp³-hybridized carbons (Fsp3) is 0.241. The number of amides is 1. The van der Waals surface area contributed by atoms with E-state index in [2.05, 4.69) is 21.2 Å². The molecular formula is C29H27FN4O4. The monoisotopic (exact) mass is 514 g/mol. The van der Waals surface area contributed by atoms with Crippen molar-refractivity contribution in [3.05, 3.63) is 105 Å². The minimum Gasteiger partial charge on any atom is -0.493 e. The van der Waals surface area contributed by atoms with Crippen LogP contribution in [0.1, 0.15) is 28.8 Å². The Hall–Kier alpha value is -4.53. The normalized spacial score (nSPS) is 12.6. The van der Waals surface area contributed by atoms with Crippen molar-refractivity contribution in [1.29, 1.82) is 0 Å². The van der Waals surface area contributed by atoms with Crippen LogP contribution in [-0.2, 0) is 30.8 Å². The second-order valence-electron chi connectivity index (χ2n) is 9.07. The highest BCUT2D eigenvalue weighted by Crippen LogP contribution is 2.31. The van der Waals surface area contributed by atoms with Gasteiger partial charge in [-0.05, 0) is 53.4 Å². The minimum absolute atomic E-state index is 0.0108. The predicted octanol–water partition coefficient (Wildman–Crippen LogP) is 4.08. The summed E-state index contributed by atoms with van der Waals surface area (Å²) in [7, 11) is 1.50. The fourth-order valence-corrected chi connectivity index (χ4v) is 4.47. The Morgan fingerprint density at radius 3 is 2.66 bits per heavy atom. The quantitative estimate of drug-likeness (QED) is 0.381. The summed E-state index contributed by atoms with van der Waals surface area (Å²) in [6, 6.07) is 19.4. The molecule has 4 aromatic rings. The number of ether oxygens (including phenoxy) is 2. The molecule has 1 aliphatic rings. The number of nitrogens with one attached hydrogen (secondary N) is 1. The van der Waals surface area contributed by atoms with Crippen molar-refractivity contribution in [2.45, 2.75) is 32.4 Å². The van der Waals surface area contributed by atoms with Gasteiger partial charge in [0.15, 0.2) is 17.3 Å². The van der Waals surface area contributed by atoms with Gasteiger partial charge >= 0.3 is 0 Å². The molecule has 0 saturated carbocycles. The minimum atomic E-state index is -0.391.